The second-order valence-corrected chi connectivity index (χ2v) is 6.73. The number of carbonyl (C=O) groups is 1. The van der Waals surface area contributed by atoms with Crippen LogP contribution in [0.5, 0.6) is 0 Å². The monoisotopic (exact) mass is 375 g/mol. The highest BCUT2D eigenvalue weighted by Crippen LogP contribution is 2.19. The number of carbonyl (C=O) groups excluding carboxylic acids is 1. The zero-order valence-electron chi connectivity index (χ0n) is 15.4. The summed E-state index contributed by atoms with van der Waals surface area (Å²) in [5.74, 6) is -0.198. The number of hydrogen-bond donors (Lipinski definition) is 1. The number of H-pyrrole nitrogens is 1. The molecule has 0 aliphatic carbocycles. The summed E-state index contributed by atoms with van der Waals surface area (Å²) in [4.78, 5) is 33.9. The maximum absolute atomic E-state index is 12.7. The predicted molar refractivity (Wildman–Crippen MR) is 108 cm³/mol. The normalized spacial score (nSPS) is 14.1. The third-order valence-electron chi connectivity index (χ3n) is 4.89. The van der Waals surface area contributed by atoms with Gasteiger partial charge in [0.15, 0.2) is 5.78 Å². The molecule has 3 aromatic rings. The summed E-state index contributed by atoms with van der Waals surface area (Å²) in [5.41, 5.74) is 3.50. The van der Waals surface area contributed by atoms with Crippen molar-refractivity contribution in [3.8, 4) is 11.1 Å². The van der Waals surface area contributed by atoms with Crippen molar-refractivity contribution in [3.63, 3.8) is 0 Å². The average molecular weight is 375 g/mol. The first-order valence-electron chi connectivity index (χ1n) is 9.29. The summed E-state index contributed by atoms with van der Waals surface area (Å²) in [6.45, 7) is 3.21. The zero-order valence-corrected chi connectivity index (χ0v) is 15.4. The Kier molecular flexibility index (Phi) is 5.30. The molecule has 0 atom stereocenters. The largest absolute Gasteiger partial charge is 0.378 e. The maximum Gasteiger partial charge on any atom is 0.258 e. The van der Waals surface area contributed by atoms with Gasteiger partial charge in [-0.15, -0.1) is 0 Å². The summed E-state index contributed by atoms with van der Waals surface area (Å²) < 4.78 is 5.38. The van der Waals surface area contributed by atoms with Gasteiger partial charge in [-0.3, -0.25) is 14.6 Å². The van der Waals surface area contributed by atoms with Crippen molar-refractivity contribution in [3.05, 3.63) is 82.5 Å². The highest BCUT2D eigenvalue weighted by molar-refractivity contribution is 5.98. The van der Waals surface area contributed by atoms with Crippen molar-refractivity contribution in [1.29, 1.82) is 0 Å². The topological polar surface area (TPSA) is 75.3 Å². The number of ketones is 1. The lowest BCUT2D eigenvalue weighted by Crippen LogP contribution is -2.36. The van der Waals surface area contributed by atoms with Gasteiger partial charge in [0.2, 0.25) is 0 Å². The minimum absolute atomic E-state index is 0.173. The van der Waals surface area contributed by atoms with Crippen LogP contribution >= 0.6 is 0 Å². The molecule has 4 rings (SSSR count). The number of morpholine rings is 1. The molecule has 6 nitrogen and oxygen atoms in total. The molecule has 0 spiro atoms. The Bertz CT molecular complexity index is 1010. The fourth-order valence-electron chi connectivity index (χ4n) is 3.33. The van der Waals surface area contributed by atoms with E-state index in [-0.39, 0.29) is 23.3 Å². The molecule has 28 heavy (non-hydrogen) atoms. The zero-order chi connectivity index (χ0) is 19.3. The molecule has 3 heterocycles. The van der Waals surface area contributed by atoms with E-state index in [9.17, 15) is 9.59 Å². The van der Waals surface area contributed by atoms with Crippen LogP contribution in [-0.2, 0) is 11.2 Å². The van der Waals surface area contributed by atoms with E-state index in [1.54, 1.807) is 24.7 Å². The van der Waals surface area contributed by atoms with E-state index in [1.807, 2.05) is 36.4 Å². The molecule has 1 aliphatic rings. The molecule has 0 saturated carbocycles. The standard InChI is InChI=1S/C22H21N3O3/c26-21(13-16-1-3-19(4-2-16)25-9-11-28-12-10-25)20-14-18(15-24-22(20)27)17-5-7-23-8-6-17/h1-8,14-15H,9-13H2,(H,24,27). The SMILES string of the molecule is O=C(Cc1ccc(N2CCOCC2)cc1)c1cc(-c2ccncc2)c[nH]c1=O. The number of pyridine rings is 2. The number of hydrogen-bond acceptors (Lipinski definition) is 5. The summed E-state index contributed by atoms with van der Waals surface area (Å²) in [6, 6.07) is 13.3. The number of anilines is 1. The molecular weight excluding hydrogens is 354 g/mol. The molecule has 1 fully saturated rings. The molecule has 1 aliphatic heterocycles. The van der Waals surface area contributed by atoms with E-state index in [1.165, 1.54) is 0 Å². The third kappa shape index (κ3) is 4.02. The Labute approximate surface area is 162 Å². The molecule has 2 aromatic heterocycles. The second kappa shape index (κ2) is 8.19. The van der Waals surface area contributed by atoms with E-state index >= 15 is 0 Å². The van der Waals surface area contributed by atoms with Gasteiger partial charge in [0.1, 0.15) is 0 Å². The molecular formula is C22H21N3O3. The fraction of sp³-hybridized carbons (Fsp3) is 0.227. The number of nitrogens with one attached hydrogen (secondary N) is 1. The molecule has 1 aromatic carbocycles. The third-order valence-corrected chi connectivity index (χ3v) is 4.89. The van der Waals surface area contributed by atoms with Gasteiger partial charge < -0.3 is 14.6 Å². The van der Waals surface area contributed by atoms with Crippen molar-refractivity contribution < 1.29 is 9.53 Å². The lowest BCUT2D eigenvalue weighted by molar-refractivity contribution is 0.0991. The molecule has 1 saturated heterocycles. The van der Waals surface area contributed by atoms with Gasteiger partial charge in [0.25, 0.3) is 5.56 Å². The van der Waals surface area contributed by atoms with Crippen LogP contribution in [-0.4, -0.2) is 42.1 Å². The molecule has 0 bridgehead atoms. The molecule has 142 valence electrons. The maximum atomic E-state index is 12.7. The second-order valence-electron chi connectivity index (χ2n) is 6.73. The number of aromatic amines is 1. The van der Waals surface area contributed by atoms with Gasteiger partial charge in [-0.05, 0) is 47.0 Å². The van der Waals surface area contributed by atoms with Crippen molar-refractivity contribution in [1.82, 2.24) is 9.97 Å². The van der Waals surface area contributed by atoms with Crippen LogP contribution in [0.4, 0.5) is 5.69 Å². The summed E-state index contributed by atoms with van der Waals surface area (Å²) in [7, 11) is 0. The lowest BCUT2D eigenvalue weighted by Gasteiger charge is -2.28. The highest BCUT2D eigenvalue weighted by atomic mass is 16.5. The van der Waals surface area contributed by atoms with Gasteiger partial charge in [-0.1, -0.05) is 12.1 Å². The highest BCUT2D eigenvalue weighted by Gasteiger charge is 2.14. The molecule has 1 N–H and O–H groups in total. The van der Waals surface area contributed by atoms with Crippen LogP contribution in [0.2, 0.25) is 0 Å². The number of nitrogens with zero attached hydrogens (tertiary/aromatic N) is 2. The van der Waals surface area contributed by atoms with Gasteiger partial charge in [-0.25, -0.2) is 0 Å². The van der Waals surface area contributed by atoms with Crippen LogP contribution in [0.25, 0.3) is 11.1 Å². The van der Waals surface area contributed by atoms with E-state index in [0.717, 1.165) is 48.7 Å². The van der Waals surface area contributed by atoms with E-state index in [4.69, 9.17) is 4.74 Å². The quantitative estimate of drug-likeness (QED) is 0.694. The van der Waals surface area contributed by atoms with E-state index in [2.05, 4.69) is 14.9 Å². The summed E-state index contributed by atoms with van der Waals surface area (Å²) in [6.07, 6.45) is 5.16. The number of ether oxygens (including phenoxy) is 1. The van der Waals surface area contributed by atoms with Crippen LogP contribution < -0.4 is 10.5 Å². The number of Topliss-reactive ketones (excluding diaryl/α,β-unsaturated/α-hetero) is 1. The van der Waals surface area contributed by atoms with Crippen molar-refractivity contribution in [2.75, 3.05) is 31.2 Å². The van der Waals surface area contributed by atoms with Crippen LogP contribution in [0.1, 0.15) is 15.9 Å². The lowest BCUT2D eigenvalue weighted by atomic mass is 10.0. The molecule has 6 heteroatoms. The number of aromatic nitrogens is 2. The van der Waals surface area contributed by atoms with Gasteiger partial charge >= 0.3 is 0 Å². The Morgan fingerprint density at radius 3 is 2.46 bits per heavy atom. The summed E-state index contributed by atoms with van der Waals surface area (Å²) in [5, 5.41) is 0. The van der Waals surface area contributed by atoms with Gasteiger partial charge in [0.05, 0.1) is 18.8 Å². The van der Waals surface area contributed by atoms with Crippen molar-refractivity contribution in [2.45, 2.75) is 6.42 Å². The van der Waals surface area contributed by atoms with Gasteiger partial charge in [-0.2, -0.15) is 0 Å². The predicted octanol–water partition coefficient (Wildman–Crippen LogP) is 2.70. The smallest absolute Gasteiger partial charge is 0.258 e. The number of benzene rings is 1. The van der Waals surface area contributed by atoms with Crippen LogP contribution in [0, 0.1) is 0 Å². The minimum Gasteiger partial charge on any atom is -0.378 e. The molecule has 0 radical (unpaired) electrons. The van der Waals surface area contributed by atoms with Crippen LogP contribution in [0.15, 0.2) is 65.8 Å². The fourth-order valence-corrected chi connectivity index (χ4v) is 3.33. The summed E-state index contributed by atoms with van der Waals surface area (Å²) >= 11 is 0. The van der Waals surface area contributed by atoms with Crippen molar-refractivity contribution in [2.24, 2.45) is 0 Å². The Balaban J connectivity index is 1.51. The first kappa shape index (κ1) is 18.1. The first-order valence-corrected chi connectivity index (χ1v) is 9.29. The Morgan fingerprint density at radius 1 is 1.04 bits per heavy atom. The Hall–Kier alpha value is -3.25. The first-order chi connectivity index (χ1) is 13.7. The van der Waals surface area contributed by atoms with Crippen molar-refractivity contribution >= 4 is 11.5 Å². The molecule has 0 unspecified atom stereocenters. The molecule has 0 amide bonds. The number of rotatable bonds is 5. The average Bonchev–Trinajstić information content (AvgIpc) is 2.76. The Morgan fingerprint density at radius 2 is 1.75 bits per heavy atom. The van der Waals surface area contributed by atoms with E-state index in [0.29, 0.717) is 0 Å². The van der Waals surface area contributed by atoms with Gasteiger partial charge in [0, 0.05) is 43.8 Å². The van der Waals surface area contributed by atoms with Crippen LogP contribution in [0.3, 0.4) is 0 Å². The van der Waals surface area contributed by atoms with E-state index < -0.39 is 0 Å². The minimum atomic E-state index is -0.368.